The Kier molecular flexibility index (Phi) is 4.45. The molecule has 0 aromatic heterocycles. The van der Waals surface area contributed by atoms with Gasteiger partial charge in [-0.2, -0.15) is 0 Å². The third kappa shape index (κ3) is 3.15. The first-order valence-electron chi connectivity index (χ1n) is 5.90. The zero-order valence-electron chi connectivity index (χ0n) is 10.4. The summed E-state index contributed by atoms with van der Waals surface area (Å²) in [5, 5.41) is 2.20. The van der Waals surface area contributed by atoms with Gasteiger partial charge in [0.05, 0.1) is 13.2 Å². The zero-order chi connectivity index (χ0) is 12.8. The first-order valence-corrected chi connectivity index (χ1v) is 5.90. The Bertz CT molecular complexity index is 534. The minimum absolute atomic E-state index is 0.00291. The molecule has 18 heavy (non-hydrogen) atoms. The molecule has 0 N–H and O–H groups in total. The van der Waals surface area contributed by atoms with E-state index >= 15 is 0 Å². The molecule has 3 nitrogen and oxygen atoms in total. The van der Waals surface area contributed by atoms with E-state index in [0.29, 0.717) is 18.8 Å². The number of ether oxygens (including phenoxy) is 2. The molecule has 0 unspecified atom stereocenters. The molecule has 0 saturated heterocycles. The fourth-order valence-electron chi connectivity index (χ4n) is 1.75. The number of hydrogen-bond acceptors (Lipinski definition) is 3. The van der Waals surface area contributed by atoms with Gasteiger partial charge in [-0.1, -0.05) is 36.4 Å². The molecule has 3 heteroatoms. The number of methoxy groups -OCH3 is 1. The topological polar surface area (TPSA) is 35.5 Å². The maximum absolute atomic E-state index is 11.9. The zero-order valence-corrected chi connectivity index (χ0v) is 10.4. The molecule has 0 aliphatic rings. The summed E-state index contributed by atoms with van der Waals surface area (Å²) in [4.78, 5) is 11.9. The van der Waals surface area contributed by atoms with Gasteiger partial charge in [0.25, 0.3) is 0 Å². The lowest BCUT2D eigenvalue weighted by atomic mass is 10.0. The van der Waals surface area contributed by atoms with E-state index in [2.05, 4.69) is 0 Å². The Balaban J connectivity index is 2.04. The smallest absolute Gasteiger partial charge is 0.188 e. The van der Waals surface area contributed by atoms with Crippen LogP contribution in [0.15, 0.2) is 42.5 Å². The maximum Gasteiger partial charge on any atom is 0.188 e. The quantitative estimate of drug-likeness (QED) is 0.579. The van der Waals surface area contributed by atoms with Crippen LogP contribution in [0, 0.1) is 0 Å². The monoisotopic (exact) mass is 244 g/mol. The Hall–Kier alpha value is -1.71. The van der Waals surface area contributed by atoms with Gasteiger partial charge in [0.15, 0.2) is 5.78 Å². The lowest BCUT2D eigenvalue weighted by Gasteiger charge is -2.04. The van der Waals surface area contributed by atoms with Gasteiger partial charge < -0.3 is 9.47 Å². The molecule has 0 atom stereocenters. The third-order valence-corrected chi connectivity index (χ3v) is 2.74. The van der Waals surface area contributed by atoms with Crippen molar-refractivity contribution in [2.45, 2.75) is 0 Å². The SMILES string of the molecule is COCCOCC(=O)c1ccc2ccccc2c1. The van der Waals surface area contributed by atoms with Gasteiger partial charge in [-0.05, 0) is 16.8 Å². The van der Waals surface area contributed by atoms with E-state index in [9.17, 15) is 4.79 Å². The molecule has 2 aromatic rings. The van der Waals surface area contributed by atoms with Crippen LogP contribution in [0.3, 0.4) is 0 Å². The summed E-state index contributed by atoms with van der Waals surface area (Å²) >= 11 is 0. The number of benzene rings is 2. The molecular weight excluding hydrogens is 228 g/mol. The van der Waals surface area contributed by atoms with E-state index in [1.807, 2.05) is 42.5 Å². The highest BCUT2D eigenvalue weighted by Gasteiger charge is 2.06. The number of ketones is 1. The second-order valence-electron chi connectivity index (χ2n) is 4.03. The first-order chi connectivity index (χ1) is 8.81. The van der Waals surface area contributed by atoms with Crippen LogP contribution < -0.4 is 0 Å². The van der Waals surface area contributed by atoms with Crippen LogP contribution in [0.1, 0.15) is 10.4 Å². The average molecular weight is 244 g/mol. The molecule has 94 valence electrons. The van der Waals surface area contributed by atoms with Gasteiger partial charge in [-0.3, -0.25) is 4.79 Å². The van der Waals surface area contributed by atoms with Crippen LogP contribution in [0.25, 0.3) is 10.8 Å². The summed E-state index contributed by atoms with van der Waals surface area (Å²) < 4.78 is 10.1. The van der Waals surface area contributed by atoms with Crippen molar-refractivity contribution in [3.8, 4) is 0 Å². The number of rotatable bonds is 6. The molecule has 0 fully saturated rings. The summed E-state index contributed by atoms with van der Waals surface area (Å²) in [7, 11) is 1.61. The molecule has 0 aliphatic carbocycles. The summed E-state index contributed by atoms with van der Waals surface area (Å²) in [5.74, 6) is -0.00291. The van der Waals surface area contributed by atoms with E-state index in [1.54, 1.807) is 7.11 Å². The highest BCUT2D eigenvalue weighted by molar-refractivity contribution is 6.00. The largest absolute Gasteiger partial charge is 0.382 e. The second kappa shape index (κ2) is 6.28. The molecule has 0 radical (unpaired) electrons. The van der Waals surface area contributed by atoms with Crippen molar-refractivity contribution in [1.29, 1.82) is 0 Å². The van der Waals surface area contributed by atoms with Gasteiger partial charge in [0, 0.05) is 12.7 Å². The standard InChI is InChI=1S/C15H16O3/c1-17-8-9-18-11-15(16)14-7-6-12-4-2-3-5-13(12)10-14/h2-7,10H,8-9,11H2,1H3. The highest BCUT2D eigenvalue weighted by Crippen LogP contribution is 2.15. The van der Waals surface area contributed by atoms with Crippen molar-refractivity contribution in [3.63, 3.8) is 0 Å². The van der Waals surface area contributed by atoms with Crippen molar-refractivity contribution in [2.75, 3.05) is 26.9 Å². The fourth-order valence-corrected chi connectivity index (χ4v) is 1.75. The number of carbonyl (C=O) groups excluding carboxylic acids is 1. The summed E-state index contributed by atoms with van der Waals surface area (Å²) in [6.07, 6.45) is 0. The predicted octanol–water partition coefficient (Wildman–Crippen LogP) is 2.69. The van der Waals surface area contributed by atoms with Crippen LogP contribution >= 0.6 is 0 Å². The lowest BCUT2D eigenvalue weighted by Crippen LogP contribution is -2.12. The molecule has 0 aliphatic heterocycles. The molecule has 0 bridgehead atoms. The van der Waals surface area contributed by atoms with Crippen LogP contribution in [0.5, 0.6) is 0 Å². The predicted molar refractivity (Wildman–Crippen MR) is 71.0 cm³/mol. The van der Waals surface area contributed by atoms with Crippen molar-refractivity contribution in [3.05, 3.63) is 48.0 Å². The minimum atomic E-state index is -0.00291. The summed E-state index contributed by atoms with van der Waals surface area (Å²) in [6, 6.07) is 13.7. The lowest BCUT2D eigenvalue weighted by molar-refractivity contribution is 0.0577. The van der Waals surface area contributed by atoms with E-state index < -0.39 is 0 Å². The third-order valence-electron chi connectivity index (χ3n) is 2.74. The van der Waals surface area contributed by atoms with Gasteiger partial charge in [-0.25, -0.2) is 0 Å². The van der Waals surface area contributed by atoms with Crippen LogP contribution in [-0.4, -0.2) is 32.7 Å². The van der Waals surface area contributed by atoms with Crippen LogP contribution in [-0.2, 0) is 9.47 Å². The van der Waals surface area contributed by atoms with Gasteiger partial charge in [0.2, 0.25) is 0 Å². The number of carbonyl (C=O) groups is 1. The van der Waals surface area contributed by atoms with Gasteiger partial charge in [0.1, 0.15) is 6.61 Å². The Morgan fingerprint density at radius 2 is 1.83 bits per heavy atom. The fraction of sp³-hybridized carbons (Fsp3) is 0.267. The molecule has 0 spiro atoms. The van der Waals surface area contributed by atoms with Crippen molar-refractivity contribution >= 4 is 16.6 Å². The van der Waals surface area contributed by atoms with Gasteiger partial charge in [-0.15, -0.1) is 0 Å². The second-order valence-corrected chi connectivity index (χ2v) is 4.03. The Morgan fingerprint density at radius 3 is 2.61 bits per heavy atom. The minimum Gasteiger partial charge on any atom is -0.382 e. The number of fused-ring (bicyclic) bond motifs is 1. The van der Waals surface area contributed by atoms with Crippen LogP contribution in [0.4, 0.5) is 0 Å². The molecule has 2 aromatic carbocycles. The summed E-state index contributed by atoms with van der Waals surface area (Å²) in [5.41, 5.74) is 0.686. The van der Waals surface area contributed by atoms with Gasteiger partial charge >= 0.3 is 0 Å². The molecule has 2 rings (SSSR count). The maximum atomic E-state index is 11.9. The molecule has 0 amide bonds. The van der Waals surface area contributed by atoms with Crippen molar-refractivity contribution in [1.82, 2.24) is 0 Å². The van der Waals surface area contributed by atoms with E-state index in [1.165, 1.54) is 0 Å². The van der Waals surface area contributed by atoms with Crippen LogP contribution in [0.2, 0.25) is 0 Å². The van der Waals surface area contributed by atoms with Crippen molar-refractivity contribution < 1.29 is 14.3 Å². The number of Topliss-reactive ketones (excluding diaryl/α,β-unsaturated/α-hetero) is 1. The molecular formula is C15H16O3. The Labute approximate surface area is 106 Å². The normalized spacial score (nSPS) is 10.7. The van der Waals surface area contributed by atoms with E-state index in [4.69, 9.17) is 9.47 Å². The Morgan fingerprint density at radius 1 is 1.06 bits per heavy atom. The van der Waals surface area contributed by atoms with Crippen molar-refractivity contribution in [2.24, 2.45) is 0 Å². The van der Waals surface area contributed by atoms with E-state index in [0.717, 1.165) is 10.8 Å². The highest BCUT2D eigenvalue weighted by atomic mass is 16.5. The first kappa shape index (κ1) is 12.7. The summed E-state index contributed by atoms with van der Waals surface area (Å²) in [6.45, 7) is 1.04. The molecule has 0 heterocycles. The average Bonchev–Trinajstić information content (AvgIpc) is 2.43. The molecule has 0 saturated carbocycles. The number of hydrogen-bond donors (Lipinski definition) is 0. The van der Waals surface area contributed by atoms with E-state index in [-0.39, 0.29) is 12.4 Å².